The summed E-state index contributed by atoms with van der Waals surface area (Å²) in [6, 6.07) is 3.86. The van der Waals surface area contributed by atoms with Gasteiger partial charge in [-0.15, -0.1) is 0 Å². The lowest BCUT2D eigenvalue weighted by atomic mass is 9.97. The molecule has 0 aliphatic carbocycles. The zero-order chi connectivity index (χ0) is 12.8. The van der Waals surface area contributed by atoms with E-state index in [9.17, 15) is 4.79 Å². The first-order valence-electron chi connectivity index (χ1n) is 6.51. The van der Waals surface area contributed by atoms with Crippen molar-refractivity contribution in [2.75, 3.05) is 19.8 Å². The normalized spacial score (nSPS) is 17.3. The Labute approximate surface area is 109 Å². The van der Waals surface area contributed by atoms with Gasteiger partial charge in [0.15, 0.2) is 11.5 Å². The standard InChI is InChI=1S/C14H14N2O3/c17-14-10-7-15-2-1-8(10)9-5-12-13(6-11(9)16-14)19-4-3-18-12/h5-6,15H,1-4,7H2,(H,16,17). The molecule has 98 valence electrons. The SMILES string of the molecule is O=c1[nH]c2cc3c(cc2c2c1CNCC2)OCCO3. The van der Waals surface area contributed by atoms with E-state index in [2.05, 4.69) is 10.3 Å². The minimum atomic E-state index is -0.00798. The van der Waals surface area contributed by atoms with Gasteiger partial charge in [-0.2, -0.15) is 0 Å². The number of benzene rings is 1. The topological polar surface area (TPSA) is 63.4 Å². The summed E-state index contributed by atoms with van der Waals surface area (Å²) in [5, 5.41) is 4.30. The van der Waals surface area contributed by atoms with Gasteiger partial charge in [-0.05, 0) is 24.6 Å². The van der Waals surface area contributed by atoms with Crippen LogP contribution in [0.15, 0.2) is 16.9 Å². The molecule has 0 bridgehead atoms. The molecule has 2 N–H and O–H groups in total. The van der Waals surface area contributed by atoms with Gasteiger partial charge in [0.2, 0.25) is 0 Å². The van der Waals surface area contributed by atoms with Gasteiger partial charge in [0.05, 0.1) is 5.52 Å². The third-order valence-electron chi connectivity index (χ3n) is 3.75. The molecule has 0 unspecified atom stereocenters. The Morgan fingerprint density at radius 3 is 2.68 bits per heavy atom. The van der Waals surface area contributed by atoms with Crippen LogP contribution in [0.2, 0.25) is 0 Å². The number of hydrogen-bond acceptors (Lipinski definition) is 4. The molecule has 0 atom stereocenters. The predicted molar refractivity (Wildman–Crippen MR) is 71.0 cm³/mol. The van der Waals surface area contributed by atoms with E-state index < -0.39 is 0 Å². The van der Waals surface area contributed by atoms with Gasteiger partial charge in [0, 0.05) is 23.6 Å². The van der Waals surface area contributed by atoms with Gasteiger partial charge in [-0.3, -0.25) is 4.79 Å². The van der Waals surface area contributed by atoms with Crippen LogP contribution in [0, 0.1) is 0 Å². The van der Waals surface area contributed by atoms with Crippen LogP contribution in [0.4, 0.5) is 0 Å². The molecule has 0 amide bonds. The van der Waals surface area contributed by atoms with Gasteiger partial charge in [0.25, 0.3) is 5.56 Å². The fourth-order valence-corrected chi connectivity index (χ4v) is 2.84. The average molecular weight is 258 g/mol. The second-order valence-electron chi connectivity index (χ2n) is 4.88. The summed E-state index contributed by atoms with van der Waals surface area (Å²) in [6.45, 7) is 2.66. The van der Waals surface area contributed by atoms with Gasteiger partial charge in [0.1, 0.15) is 13.2 Å². The van der Waals surface area contributed by atoms with Crippen LogP contribution >= 0.6 is 0 Å². The Morgan fingerprint density at radius 1 is 1.05 bits per heavy atom. The van der Waals surface area contributed by atoms with Crippen molar-refractivity contribution in [2.24, 2.45) is 0 Å². The molecule has 4 rings (SSSR count). The number of hydrogen-bond donors (Lipinski definition) is 2. The first-order valence-corrected chi connectivity index (χ1v) is 6.51. The second kappa shape index (κ2) is 3.99. The Kier molecular flexibility index (Phi) is 2.29. The summed E-state index contributed by atoms with van der Waals surface area (Å²) in [4.78, 5) is 15.0. The number of nitrogens with one attached hydrogen (secondary N) is 2. The number of ether oxygens (including phenoxy) is 2. The van der Waals surface area contributed by atoms with Crippen LogP contribution in [0.3, 0.4) is 0 Å². The smallest absolute Gasteiger partial charge is 0.253 e. The molecule has 0 saturated heterocycles. The molecule has 5 nitrogen and oxygen atoms in total. The molecule has 1 aromatic heterocycles. The first-order chi connectivity index (χ1) is 9.33. The molecule has 2 aromatic rings. The van der Waals surface area contributed by atoms with Crippen molar-refractivity contribution >= 4 is 10.9 Å². The summed E-state index contributed by atoms with van der Waals surface area (Å²) < 4.78 is 11.2. The monoisotopic (exact) mass is 258 g/mol. The highest BCUT2D eigenvalue weighted by Gasteiger charge is 2.19. The van der Waals surface area contributed by atoms with Gasteiger partial charge in [-0.1, -0.05) is 0 Å². The van der Waals surface area contributed by atoms with Crippen LogP contribution < -0.4 is 20.3 Å². The number of aromatic nitrogens is 1. The molecule has 3 heterocycles. The number of rotatable bonds is 0. The van der Waals surface area contributed by atoms with Crippen LogP contribution in [0.25, 0.3) is 10.9 Å². The van der Waals surface area contributed by atoms with Crippen molar-refractivity contribution in [3.63, 3.8) is 0 Å². The van der Waals surface area contributed by atoms with Crippen molar-refractivity contribution in [1.82, 2.24) is 10.3 Å². The zero-order valence-electron chi connectivity index (χ0n) is 10.4. The Bertz CT molecular complexity index is 721. The molecular weight excluding hydrogens is 244 g/mol. The van der Waals surface area contributed by atoms with Crippen LogP contribution in [0.1, 0.15) is 11.1 Å². The molecule has 5 heteroatoms. The van der Waals surface area contributed by atoms with Crippen molar-refractivity contribution in [3.8, 4) is 11.5 Å². The third kappa shape index (κ3) is 1.62. The van der Waals surface area contributed by atoms with E-state index in [1.54, 1.807) is 0 Å². The number of H-pyrrole nitrogens is 1. The van der Waals surface area contributed by atoms with Crippen LogP contribution in [-0.2, 0) is 13.0 Å². The van der Waals surface area contributed by atoms with Crippen molar-refractivity contribution in [2.45, 2.75) is 13.0 Å². The Hall–Kier alpha value is -2.01. The van der Waals surface area contributed by atoms with Crippen LogP contribution in [-0.4, -0.2) is 24.7 Å². The van der Waals surface area contributed by atoms with E-state index in [-0.39, 0.29) is 5.56 Å². The maximum atomic E-state index is 12.1. The lowest BCUT2D eigenvalue weighted by Crippen LogP contribution is -2.30. The van der Waals surface area contributed by atoms with Crippen LogP contribution in [0.5, 0.6) is 11.5 Å². The molecule has 1 aromatic carbocycles. The molecule has 0 fully saturated rings. The number of pyridine rings is 1. The summed E-state index contributed by atoms with van der Waals surface area (Å²) in [5.41, 5.74) is 2.80. The average Bonchev–Trinajstić information content (AvgIpc) is 2.46. The van der Waals surface area contributed by atoms with Crippen molar-refractivity contribution < 1.29 is 9.47 Å². The first kappa shape index (κ1) is 10.9. The molecule has 0 radical (unpaired) electrons. The lowest BCUT2D eigenvalue weighted by molar-refractivity contribution is 0.172. The fourth-order valence-electron chi connectivity index (χ4n) is 2.84. The zero-order valence-corrected chi connectivity index (χ0v) is 10.4. The van der Waals surface area contributed by atoms with E-state index >= 15 is 0 Å². The van der Waals surface area contributed by atoms with Crippen molar-refractivity contribution in [3.05, 3.63) is 33.6 Å². The summed E-state index contributed by atoms with van der Waals surface area (Å²) >= 11 is 0. The Morgan fingerprint density at radius 2 is 1.84 bits per heavy atom. The lowest BCUT2D eigenvalue weighted by Gasteiger charge is -2.22. The highest BCUT2D eigenvalue weighted by molar-refractivity contribution is 5.86. The predicted octanol–water partition coefficient (Wildman–Crippen LogP) is 0.945. The maximum Gasteiger partial charge on any atom is 0.253 e. The minimum Gasteiger partial charge on any atom is -0.486 e. The van der Waals surface area contributed by atoms with Gasteiger partial charge in [-0.25, -0.2) is 0 Å². The molecule has 2 aliphatic rings. The summed E-state index contributed by atoms with van der Waals surface area (Å²) in [7, 11) is 0. The maximum absolute atomic E-state index is 12.1. The summed E-state index contributed by atoms with van der Waals surface area (Å²) in [6.07, 6.45) is 0.870. The van der Waals surface area contributed by atoms with E-state index in [1.807, 2.05) is 12.1 Å². The highest BCUT2D eigenvalue weighted by Crippen LogP contribution is 2.35. The number of fused-ring (bicyclic) bond motifs is 4. The largest absolute Gasteiger partial charge is 0.486 e. The highest BCUT2D eigenvalue weighted by atomic mass is 16.6. The molecule has 0 spiro atoms. The van der Waals surface area contributed by atoms with Crippen molar-refractivity contribution in [1.29, 1.82) is 0 Å². The fraction of sp³-hybridized carbons (Fsp3) is 0.357. The van der Waals surface area contributed by atoms with Gasteiger partial charge < -0.3 is 19.8 Å². The van der Waals surface area contributed by atoms with Gasteiger partial charge >= 0.3 is 0 Å². The molecule has 0 saturated carbocycles. The molecule has 2 aliphatic heterocycles. The second-order valence-corrected chi connectivity index (χ2v) is 4.88. The Balaban J connectivity index is 2.04. The van der Waals surface area contributed by atoms with E-state index in [0.29, 0.717) is 25.5 Å². The molecule has 19 heavy (non-hydrogen) atoms. The minimum absolute atomic E-state index is 0.00798. The van der Waals surface area contributed by atoms with E-state index in [1.165, 1.54) is 0 Å². The summed E-state index contributed by atoms with van der Waals surface area (Å²) in [5.74, 6) is 1.48. The molecular formula is C14H14N2O3. The van der Waals surface area contributed by atoms with E-state index in [4.69, 9.17) is 9.47 Å². The van der Waals surface area contributed by atoms with E-state index in [0.717, 1.165) is 40.7 Å². The quantitative estimate of drug-likeness (QED) is 0.738. The third-order valence-corrected chi connectivity index (χ3v) is 3.75. The number of aromatic amines is 1.